The lowest BCUT2D eigenvalue weighted by atomic mass is 10.0. The molecule has 0 amide bonds. The van der Waals surface area contributed by atoms with E-state index in [1.807, 2.05) is 41.3 Å². The first-order chi connectivity index (χ1) is 14.1. The molecule has 0 fully saturated rings. The molecule has 2 aromatic carbocycles. The van der Waals surface area contributed by atoms with Crippen molar-refractivity contribution in [3.63, 3.8) is 0 Å². The number of aliphatic hydroxyl groups excluding tert-OH is 1. The molecule has 0 saturated heterocycles. The van der Waals surface area contributed by atoms with E-state index in [2.05, 4.69) is 11.1 Å². The van der Waals surface area contributed by atoms with E-state index in [9.17, 15) is 9.50 Å². The Hall–Kier alpha value is -2.72. The Bertz CT molecular complexity index is 851. The highest BCUT2D eigenvalue weighted by Gasteiger charge is 2.25. The first-order valence-corrected chi connectivity index (χ1v) is 9.58. The van der Waals surface area contributed by atoms with Crippen LogP contribution in [0.4, 0.5) is 4.39 Å². The number of hydrogen-bond donors (Lipinski definition) is 1. The van der Waals surface area contributed by atoms with Gasteiger partial charge in [0.05, 0.1) is 18.4 Å². The van der Waals surface area contributed by atoms with E-state index in [-0.39, 0.29) is 25.1 Å². The van der Waals surface area contributed by atoms with Gasteiger partial charge in [0, 0.05) is 26.1 Å². The second kappa shape index (κ2) is 10.7. The predicted molar refractivity (Wildman–Crippen MR) is 110 cm³/mol. The molecule has 3 rings (SSSR count). The van der Waals surface area contributed by atoms with Gasteiger partial charge in [0.1, 0.15) is 18.5 Å². The fourth-order valence-corrected chi connectivity index (χ4v) is 3.32. The lowest BCUT2D eigenvalue weighted by Gasteiger charge is -2.27. The van der Waals surface area contributed by atoms with E-state index in [1.54, 1.807) is 6.07 Å². The van der Waals surface area contributed by atoms with Crippen LogP contribution < -0.4 is 0 Å². The third-order valence-electron chi connectivity index (χ3n) is 4.56. The summed E-state index contributed by atoms with van der Waals surface area (Å²) in [4.78, 5) is 7.65. The predicted octanol–water partition coefficient (Wildman–Crippen LogP) is 2.83. The smallest absolute Gasteiger partial charge is 0.145 e. The molecule has 0 saturated carbocycles. The molecule has 152 valence electrons. The van der Waals surface area contributed by atoms with E-state index in [4.69, 9.17) is 16.0 Å². The molecule has 1 heterocycles. The van der Waals surface area contributed by atoms with Crippen LogP contribution in [0, 0.1) is 18.2 Å². The van der Waals surface area contributed by atoms with Gasteiger partial charge >= 0.3 is 0 Å². The zero-order valence-electron chi connectivity index (χ0n) is 16.2. The minimum atomic E-state index is -0.715. The van der Waals surface area contributed by atoms with Gasteiger partial charge in [0.15, 0.2) is 0 Å². The minimum Gasteiger partial charge on any atom is -0.390 e. The Morgan fingerprint density at radius 1 is 1.28 bits per heavy atom. The molecule has 6 heteroatoms. The summed E-state index contributed by atoms with van der Waals surface area (Å²) in [6, 6.07) is 16.3. The lowest BCUT2D eigenvalue weighted by molar-refractivity contribution is 0.00417. The highest BCUT2D eigenvalue weighted by atomic mass is 19.1. The van der Waals surface area contributed by atoms with Crippen LogP contribution in [-0.4, -0.2) is 54.2 Å². The first kappa shape index (κ1) is 21.0. The number of halogens is 1. The molecule has 2 aromatic rings. The quantitative estimate of drug-likeness (QED) is 0.496. The van der Waals surface area contributed by atoms with Gasteiger partial charge in [-0.2, -0.15) is 0 Å². The summed E-state index contributed by atoms with van der Waals surface area (Å²) in [6.45, 7) is 1.66. The molecule has 5 nitrogen and oxygen atoms in total. The first-order valence-electron chi connectivity index (χ1n) is 9.58. The van der Waals surface area contributed by atoms with Crippen molar-refractivity contribution >= 4 is 5.71 Å². The van der Waals surface area contributed by atoms with Crippen molar-refractivity contribution in [1.82, 2.24) is 4.90 Å². The maximum atomic E-state index is 13.6. The standard InChI is InChI=1S/C23H25FN2O3/c1-2-11-28-17-21(27)15-26(14-18-7-6-10-20(24)12-18)16-22-13-23(25-29-22)19-8-4-3-5-9-19/h1,3-10,12,21-22,27H,11,13-17H2/t21-,22-/m1/s1. The zero-order valence-corrected chi connectivity index (χ0v) is 16.2. The largest absolute Gasteiger partial charge is 0.390 e. The van der Waals surface area contributed by atoms with E-state index >= 15 is 0 Å². The van der Waals surface area contributed by atoms with E-state index < -0.39 is 6.10 Å². The topological polar surface area (TPSA) is 54.3 Å². The Balaban J connectivity index is 1.61. The normalized spacial score (nSPS) is 16.9. The molecule has 0 spiro atoms. The van der Waals surface area contributed by atoms with Crippen LogP contribution in [0.5, 0.6) is 0 Å². The number of nitrogens with zero attached hydrogens (tertiary/aromatic N) is 2. The fourth-order valence-electron chi connectivity index (χ4n) is 3.32. The molecule has 0 aliphatic carbocycles. The summed E-state index contributed by atoms with van der Waals surface area (Å²) in [5, 5.41) is 14.5. The van der Waals surface area contributed by atoms with E-state index in [0.29, 0.717) is 26.1 Å². The third-order valence-corrected chi connectivity index (χ3v) is 4.56. The molecule has 2 atom stereocenters. The molecular formula is C23H25FN2O3. The van der Waals surface area contributed by atoms with Gasteiger partial charge in [0.2, 0.25) is 0 Å². The number of rotatable bonds is 10. The van der Waals surface area contributed by atoms with Gasteiger partial charge in [-0.05, 0) is 23.3 Å². The van der Waals surface area contributed by atoms with Gasteiger partial charge in [-0.25, -0.2) is 4.39 Å². The average molecular weight is 396 g/mol. The number of benzene rings is 2. The fraction of sp³-hybridized carbons (Fsp3) is 0.348. The van der Waals surface area contributed by atoms with Crippen molar-refractivity contribution < 1.29 is 19.1 Å². The Morgan fingerprint density at radius 2 is 2.10 bits per heavy atom. The SMILES string of the molecule is C#CCOC[C@H](O)CN(Cc1cccc(F)c1)C[C@H]1CC(c2ccccc2)=NO1. The number of terminal acetylenes is 1. The summed E-state index contributed by atoms with van der Waals surface area (Å²) >= 11 is 0. The van der Waals surface area contributed by atoms with Crippen LogP contribution in [-0.2, 0) is 16.1 Å². The van der Waals surface area contributed by atoms with Gasteiger partial charge in [0.25, 0.3) is 0 Å². The maximum Gasteiger partial charge on any atom is 0.145 e. The van der Waals surface area contributed by atoms with Crippen LogP contribution in [0.25, 0.3) is 0 Å². The monoisotopic (exact) mass is 396 g/mol. The second-order valence-electron chi connectivity index (χ2n) is 7.03. The molecule has 0 radical (unpaired) electrons. The number of hydrogen-bond acceptors (Lipinski definition) is 5. The Morgan fingerprint density at radius 3 is 2.86 bits per heavy atom. The molecule has 1 aliphatic heterocycles. The number of ether oxygens (including phenoxy) is 1. The van der Waals surface area contributed by atoms with Crippen molar-refractivity contribution in [2.75, 3.05) is 26.3 Å². The van der Waals surface area contributed by atoms with Crippen molar-refractivity contribution in [2.24, 2.45) is 5.16 Å². The Labute approximate surface area is 170 Å². The number of aliphatic hydroxyl groups is 1. The lowest BCUT2D eigenvalue weighted by Crippen LogP contribution is -2.39. The molecule has 29 heavy (non-hydrogen) atoms. The average Bonchev–Trinajstić information content (AvgIpc) is 3.17. The van der Waals surface area contributed by atoms with Crippen LogP contribution in [0.1, 0.15) is 17.5 Å². The van der Waals surface area contributed by atoms with Gasteiger partial charge < -0.3 is 14.7 Å². The maximum absolute atomic E-state index is 13.6. The molecule has 1 N–H and O–H groups in total. The van der Waals surface area contributed by atoms with Crippen molar-refractivity contribution in [2.45, 2.75) is 25.2 Å². The summed E-state index contributed by atoms with van der Waals surface area (Å²) < 4.78 is 18.8. The zero-order chi connectivity index (χ0) is 20.5. The van der Waals surface area contributed by atoms with Crippen LogP contribution >= 0.6 is 0 Å². The minimum absolute atomic E-state index is 0.140. The van der Waals surface area contributed by atoms with Crippen molar-refractivity contribution in [1.29, 1.82) is 0 Å². The van der Waals surface area contributed by atoms with Gasteiger partial charge in [-0.3, -0.25) is 4.90 Å². The van der Waals surface area contributed by atoms with E-state index in [0.717, 1.165) is 16.8 Å². The van der Waals surface area contributed by atoms with Crippen LogP contribution in [0.2, 0.25) is 0 Å². The highest BCUT2D eigenvalue weighted by Crippen LogP contribution is 2.19. The molecule has 1 aliphatic rings. The highest BCUT2D eigenvalue weighted by molar-refractivity contribution is 6.01. The molecule has 0 unspecified atom stereocenters. The van der Waals surface area contributed by atoms with Gasteiger partial charge in [-0.1, -0.05) is 53.5 Å². The van der Waals surface area contributed by atoms with Crippen molar-refractivity contribution in [3.8, 4) is 12.3 Å². The molecular weight excluding hydrogens is 371 g/mol. The molecule has 0 bridgehead atoms. The van der Waals surface area contributed by atoms with E-state index in [1.165, 1.54) is 12.1 Å². The van der Waals surface area contributed by atoms with Gasteiger partial charge in [-0.15, -0.1) is 6.42 Å². The summed E-state index contributed by atoms with van der Waals surface area (Å²) in [6.07, 6.45) is 4.99. The summed E-state index contributed by atoms with van der Waals surface area (Å²) in [5.74, 6) is 2.09. The summed E-state index contributed by atoms with van der Waals surface area (Å²) in [7, 11) is 0. The van der Waals surface area contributed by atoms with Crippen LogP contribution in [0.3, 0.4) is 0 Å². The second-order valence-corrected chi connectivity index (χ2v) is 7.03. The number of oxime groups is 1. The summed E-state index contributed by atoms with van der Waals surface area (Å²) in [5.41, 5.74) is 2.76. The Kier molecular flexibility index (Phi) is 7.77. The van der Waals surface area contributed by atoms with Crippen molar-refractivity contribution in [3.05, 3.63) is 71.5 Å². The third kappa shape index (κ3) is 6.68. The van der Waals surface area contributed by atoms with Crippen LogP contribution in [0.15, 0.2) is 59.8 Å². The molecule has 0 aromatic heterocycles.